The first-order chi connectivity index (χ1) is 14.3. The third kappa shape index (κ3) is 16.4. The molecule has 1 rings (SSSR count). The van der Waals surface area contributed by atoms with Crippen molar-refractivity contribution < 1.29 is 0 Å². The lowest BCUT2D eigenvalue weighted by molar-refractivity contribution is 0.276. The second-order valence-electron chi connectivity index (χ2n) is 9.34. The van der Waals surface area contributed by atoms with Crippen molar-refractivity contribution in [1.82, 2.24) is 4.90 Å². The van der Waals surface area contributed by atoms with Crippen molar-refractivity contribution in [1.29, 1.82) is 0 Å². The van der Waals surface area contributed by atoms with Crippen LogP contribution >= 0.6 is 17.0 Å². The van der Waals surface area contributed by atoms with Gasteiger partial charge in [0.1, 0.15) is 0 Å². The molecule has 0 radical (unpaired) electrons. The second kappa shape index (κ2) is 21.9. The number of rotatable bonds is 20. The normalized spacial score (nSPS) is 12.1. The molecule has 0 saturated carbocycles. The Labute approximate surface area is 200 Å². The van der Waals surface area contributed by atoms with Crippen LogP contribution in [0.5, 0.6) is 0 Å². The Morgan fingerprint density at radius 2 is 0.933 bits per heavy atom. The topological polar surface area (TPSA) is 3.24 Å². The summed E-state index contributed by atoms with van der Waals surface area (Å²) in [4.78, 5) is 2.38. The van der Waals surface area contributed by atoms with E-state index >= 15 is 0 Å². The van der Waals surface area contributed by atoms with Crippen LogP contribution in [0.25, 0.3) is 0 Å². The van der Waals surface area contributed by atoms with E-state index in [0.29, 0.717) is 6.04 Å². The molecule has 0 aliphatic carbocycles. The molecule has 0 heterocycles. The fourth-order valence-corrected chi connectivity index (χ4v) is 4.46. The van der Waals surface area contributed by atoms with E-state index in [4.69, 9.17) is 0 Å². The van der Waals surface area contributed by atoms with Gasteiger partial charge in [-0.2, -0.15) is 0 Å². The highest BCUT2D eigenvalue weighted by Crippen LogP contribution is 2.24. The van der Waals surface area contributed by atoms with Gasteiger partial charge in [0.25, 0.3) is 0 Å². The predicted molar refractivity (Wildman–Crippen MR) is 142 cm³/mol. The van der Waals surface area contributed by atoms with Gasteiger partial charge in [0.2, 0.25) is 0 Å². The lowest BCUT2D eigenvalue weighted by Gasteiger charge is -2.24. The van der Waals surface area contributed by atoms with Crippen LogP contribution in [0.3, 0.4) is 0 Å². The molecule has 0 fully saturated rings. The Kier molecular flexibility index (Phi) is 21.6. The summed E-state index contributed by atoms with van der Waals surface area (Å²) in [5, 5.41) is 0. The quantitative estimate of drug-likeness (QED) is 0.167. The van der Waals surface area contributed by atoms with E-state index in [1.54, 1.807) is 0 Å². The minimum absolute atomic E-state index is 0. The van der Waals surface area contributed by atoms with Crippen LogP contribution in [0.2, 0.25) is 0 Å². The molecule has 2 heteroatoms. The van der Waals surface area contributed by atoms with E-state index in [1.165, 1.54) is 121 Å². The minimum Gasteiger partial charge on any atom is -0.302 e. The Bertz CT molecular complexity index is 445. The van der Waals surface area contributed by atoms with Gasteiger partial charge >= 0.3 is 0 Å². The Morgan fingerprint density at radius 3 is 1.30 bits per heavy atom. The van der Waals surface area contributed by atoms with E-state index < -0.39 is 0 Å². The highest BCUT2D eigenvalue weighted by Gasteiger charge is 2.12. The first kappa shape index (κ1) is 29.7. The summed E-state index contributed by atoms with van der Waals surface area (Å²) >= 11 is 0. The molecule has 0 aromatic heterocycles. The number of benzene rings is 1. The first-order valence-corrected chi connectivity index (χ1v) is 13.0. The van der Waals surface area contributed by atoms with Crippen LogP contribution in [0.4, 0.5) is 0 Å². The van der Waals surface area contributed by atoms with Crippen molar-refractivity contribution in [3.63, 3.8) is 0 Å². The molecule has 30 heavy (non-hydrogen) atoms. The average Bonchev–Trinajstić information content (AvgIpc) is 2.73. The predicted octanol–water partition coefficient (Wildman–Crippen LogP) is 9.91. The SMILES string of the molecule is Br.CCCCCCCCCCCCCCCCCCCC(c1ccccc1)N(C)C. The standard InChI is InChI=1S/C28H51N.BrH/c1-4-5-6-7-8-9-10-11-12-13-14-15-16-17-18-19-23-26-28(29(2)3)27-24-21-20-22-25-27;/h20-22,24-25,28H,4-19,23,26H2,1-3H3;1H. The molecule has 1 aromatic rings. The number of hydrogen-bond donors (Lipinski definition) is 0. The molecule has 0 bridgehead atoms. The van der Waals surface area contributed by atoms with Crippen LogP contribution < -0.4 is 0 Å². The van der Waals surface area contributed by atoms with Gasteiger partial charge in [0, 0.05) is 6.04 Å². The highest BCUT2D eigenvalue weighted by atomic mass is 79.9. The highest BCUT2D eigenvalue weighted by molar-refractivity contribution is 8.93. The third-order valence-corrected chi connectivity index (χ3v) is 6.39. The van der Waals surface area contributed by atoms with E-state index in [9.17, 15) is 0 Å². The molecule has 1 unspecified atom stereocenters. The Morgan fingerprint density at radius 1 is 0.567 bits per heavy atom. The van der Waals surface area contributed by atoms with Crippen molar-refractivity contribution in [3.8, 4) is 0 Å². The van der Waals surface area contributed by atoms with Gasteiger partial charge in [0.05, 0.1) is 0 Å². The van der Waals surface area contributed by atoms with Crippen molar-refractivity contribution in [3.05, 3.63) is 35.9 Å². The molecule has 1 atom stereocenters. The fraction of sp³-hybridized carbons (Fsp3) is 0.786. The van der Waals surface area contributed by atoms with E-state index in [2.05, 4.69) is 56.3 Å². The van der Waals surface area contributed by atoms with Crippen LogP contribution in [0.15, 0.2) is 30.3 Å². The smallest absolute Gasteiger partial charge is 0.0342 e. The summed E-state index contributed by atoms with van der Waals surface area (Å²) in [7, 11) is 4.43. The van der Waals surface area contributed by atoms with Gasteiger partial charge in [-0.05, 0) is 26.1 Å². The molecular formula is C28H52BrN. The monoisotopic (exact) mass is 481 g/mol. The summed E-state index contributed by atoms with van der Waals surface area (Å²) in [6.07, 6.45) is 25.9. The fourth-order valence-electron chi connectivity index (χ4n) is 4.46. The van der Waals surface area contributed by atoms with E-state index in [-0.39, 0.29) is 17.0 Å². The molecule has 0 N–H and O–H groups in total. The van der Waals surface area contributed by atoms with E-state index in [1.807, 2.05) is 0 Å². The summed E-state index contributed by atoms with van der Waals surface area (Å²) in [6, 6.07) is 11.6. The van der Waals surface area contributed by atoms with Gasteiger partial charge in [0.15, 0.2) is 0 Å². The number of unbranched alkanes of at least 4 members (excludes halogenated alkanes) is 16. The molecule has 0 aliphatic rings. The largest absolute Gasteiger partial charge is 0.302 e. The van der Waals surface area contributed by atoms with Crippen LogP contribution in [0.1, 0.15) is 134 Å². The Hall–Kier alpha value is -0.340. The number of hydrogen-bond acceptors (Lipinski definition) is 1. The van der Waals surface area contributed by atoms with Gasteiger partial charge in [-0.15, -0.1) is 17.0 Å². The molecule has 1 nitrogen and oxygen atoms in total. The van der Waals surface area contributed by atoms with Crippen molar-refractivity contribution in [2.24, 2.45) is 0 Å². The van der Waals surface area contributed by atoms with Crippen molar-refractivity contribution >= 4 is 17.0 Å². The van der Waals surface area contributed by atoms with Crippen LogP contribution in [0, 0.1) is 0 Å². The van der Waals surface area contributed by atoms with E-state index in [0.717, 1.165) is 0 Å². The van der Waals surface area contributed by atoms with Gasteiger partial charge in [-0.3, -0.25) is 0 Å². The van der Waals surface area contributed by atoms with Gasteiger partial charge in [-0.25, -0.2) is 0 Å². The lowest BCUT2D eigenvalue weighted by atomic mass is 9.98. The van der Waals surface area contributed by atoms with Crippen LogP contribution in [-0.2, 0) is 0 Å². The maximum atomic E-state index is 2.38. The maximum absolute atomic E-state index is 2.38. The molecule has 0 amide bonds. The number of halogens is 1. The maximum Gasteiger partial charge on any atom is 0.0342 e. The zero-order valence-electron chi connectivity index (χ0n) is 20.5. The second-order valence-corrected chi connectivity index (χ2v) is 9.34. The summed E-state index contributed by atoms with van der Waals surface area (Å²) in [5.74, 6) is 0. The molecule has 176 valence electrons. The van der Waals surface area contributed by atoms with Crippen molar-refractivity contribution in [2.75, 3.05) is 14.1 Å². The third-order valence-electron chi connectivity index (χ3n) is 6.39. The first-order valence-electron chi connectivity index (χ1n) is 13.0. The van der Waals surface area contributed by atoms with Crippen molar-refractivity contribution in [2.45, 2.75) is 129 Å². The van der Waals surface area contributed by atoms with Crippen LogP contribution in [-0.4, -0.2) is 19.0 Å². The summed E-state index contributed by atoms with van der Waals surface area (Å²) in [6.45, 7) is 2.30. The zero-order chi connectivity index (χ0) is 21.0. The zero-order valence-corrected chi connectivity index (χ0v) is 22.3. The molecule has 0 saturated heterocycles. The summed E-state index contributed by atoms with van der Waals surface area (Å²) in [5.41, 5.74) is 1.47. The Balaban J connectivity index is 0.00000841. The average molecular weight is 483 g/mol. The number of nitrogens with zero attached hydrogens (tertiary/aromatic N) is 1. The van der Waals surface area contributed by atoms with Gasteiger partial charge in [-0.1, -0.05) is 146 Å². The molecule has 1 aromatic carbocycles. The minimum atomic E-state index is 0. The molecule has 0 aliphatic heterocycles. The molecule has 0 spiro atoms. The molecular weight excluding hydrogens is 430 g/mol. The lowest BCUT2D eigenvalue weighted by Crippen LogP contribution is -2.19. The van der Waals surface area contributed by atoms with Gasteiger partial charge < -0.3 is 4.90 Å². The summed E-state index contributed by atoms with van der Waals surface area (Å²) < 4.78 is 0.